The number of aromatic nitrogens is 3. The van der Waals surface area contributed by atoms with Crippen molar-refractivity contribution in [2.24, 2.45) is 11.8 Å². The number of H-pyrrole nitrogens is 1. The molecule has 2 fully saturated rings. The minimum absolute atomic E-state index is 0.0273. The maximum atomic E-state index is 12.7. The summed E-state index contributed by atoms with van der Waals surface area (Å²) in [5.74, 6) is 0.819. The highest BCUT2D eigenvalue weighted by molar-refractivity contribution is 7.20. The number of amides is 4. The second-order valence-electron chi connectivity index (χ2n) is 16.7. The summed E-state index contributed by atoms with van der Waals surface area (Å²) in [6.45, 7) is 4.07. The predicted molar refractivity (Wildman–Crippen MR) is 248 cm³/mol. The van der Waals surface area contributed by atoms with Crippen molar-refractivity contribution < 1.29 is 32.3 Å². The zero-order valence-electron chi connectivity index (χ0n) is 36.0. The number of hydrogen-bond donors (Lipinski definition) is 3. The number of nitrogens with zero attached hydrogens (tertiary/aromatic N) is 4. The van der Waals surface area contributed by atoms with E-state index in [1.807, 2.05) is 41.3 Å². The molecule has 2 aliphatic rings. The molecule has 0 unspecified atom stereocenters. The highest BCUT2D eigenvalue weighted by Crippen LogP contribution is 2.31. The first-order chi connectivity index (χ1) is 31.4. The average Bonchev–Trinajstić information content (AvgIpc) is 3.97. The smallest absolute Gasteiger partial charge is 0.351 e. The molecule has 2 saturated heterocycles. The lowest BCUT2D eigenvalue weighted by Crippen LogP contribution is -2.38. The Morgan fingerprint density at radius 2 is 1.31 bits per heavy atom. The van der Waals surface area contributed by atoms with Gasteiger partial charge in [-0.25, -0.2) is 0 Å². The Morgan fingerprint density at radius 3 is 1.92 bits per heavy atom. The zero-order chi connectivity index (χ0) is 45.8. The fourth-order valence-corrected chi connectivity index (χ4v) is 9.59. The molecule has 4 aromatic heterocycles. The molecule has 0 aliphatic carbocycles. The fraction of sp³-hybridized carbons (Fsp3) is 0.388. The van der Waals surface area contributed by atoms with Crippen LogP contribution in [0.3, 0.4) is 0 Å². The maximum absolute atomic E-state index is 12.7. The molecular weight excluding hydrogens is 875 g/mol. The van der Waals surface area contributed by atoms with E-state index in [0.29, 0.717) is 59.2 Å². The highest BCUT2D eigenvalue weighted by Gasteiger charge is 2.31. The quantitative estimate of drug-likeness (QED) is 0.0930. The molecule has 0 saturated carbocycles. The summed E-state index contributed by atoms with van der Waals surface area (Å²) in [7, 11) is 0. The van der Waals surface area contributed by atoms with Gasteiger partial charge < -0.3 is 25.4 Å². The first-order valence-corrected chi connectivity index (χ1v) is 23.5. The molecule has 0 radical (unpaired) electrons. The van der Waals surface area contributed by atoms with Crippen LogP contribution in [0.5, 0.6) is 0 Å². The van der Waals surface area contributed by atoms with Crippen molar-refractivity contribution in [2.75, 3.05) is 39.3 Å². The number of aromatic amines is 1. The molecule has 11 nitrogen and oxygen atoms in total. The van der Waals surface area contributed by atoms with Crippen LogP contribution in [0, 0.1) is 11.8 Å². The van der Waals surface area contributed by atoms with Crippen LogP contribution < -0.4 is 10.6 Å². The van der Waals surface area contributed by atoms with Gasteiger partial charge in [0, 0.05) is 80.5 Å². The maximum Gasteiger partial charge on any atom is 0.416 e. The topological polar surface area (TPSA) is 140 Å². The number of alkyl halides is 3. The molecular formula is C49H53ClF3N7O4S. The molecule has 65 heavy (non-hydrogen) atoms. The Labute approximate surface area is 385 Å². The number of likely N-dealkylation sites (tertiary alicyclic amines) is 2. The van der Waals surface area contributed by atoms with Crippen LogP contribution in [0.1, 0.15) is 111 Å². The van der Waals surface area contributed by atoms with Crippen molar-refractivity contribution in [3.8, 4) is 0 Å². The third kappa shape index (κ3) is 12.9. The standard InChI is InChI=1S/C25H26F3N3O2S.C24H27ClN4O2/c26-25(27,28)20-6-4-18(5-7-20)24(33)31-13-9-17(10-14-31)3-1-2-11-30-23(32)21-15-19-8-12-29-16-22(19)34-21;25-20-7-2-1-6-19(20)24(31)29-13-9-17(10-14-29)5-3-4-11-27-23(30)22-15-18-16-26-12-8-21(18)28-22/h4-8,12,15-17H,1-3,9-11,13-14H2,(H,30,32);1-2,6-8,12,15-17,28H,3-5,9-11,13-14H2,(H,27,30). The molecule has 3 N–H and O–H groups in total. The Bertz CT molecular complexity index is 2480. The van der Waals surface area contributed by atoms with Gasteiger partial charge in [-0.15, -0.1) is 11.3 Å². The Morgan fingerprint density at radius 1 is 0.708 bits per heavy atom. The largest absolute Gasteiger partial charge is 0.416 e. The molecule has 4 amide bonds. The van der Waals surface area contributed by atoms with Crippen molar-refractivity contribution >= 4 is 67.6 Å². The van der Waals surface area contributed by atoms with Gasteiger partial charge in [-0.1, -0.05) is 49.4 Å². The molecule has 2 aliphatic heterocycles. The minimum atomic E-state index is -4.40. The summed E-state index contributed by atoms with van der Waals surface area (Å²) in [4.78, 5) is 65.5. The van der Waals surface area contributed by atoms with Gasteiger partial charge in [0.15, 0.2) is 0 Å². The van der Waals surface area contributed by atoms with Gasteiger partial charge in [0.05, 0.1) is 25.7 Å². The third-order valence-corrected chi connectivity index (χ3v) is 13.6. The van der Waals surface area contributed by atoms with E-state index in [1.54, 1.807) is 41.8 Å². The Kier molecular flexibility index (Phi) is 16.3. The number of unbranched alkanes of at least 4 members (excludes halogenated alkanes) is 2. The van der Waals surface area contributed by atoms with Crippen LogP contribution in [-0.2, 0) is 6.18 Å². The van der Waals surface area contributed by atoms with E-state index in [-0.39, 0.29) is 29.2 Å². The Balaban J connectivity index is 0.000000195. The van der Waals surface area contributed by atoms with Crippen LogP contribution in [-0.4, -0.2) is 87.6 Å². The van der Waals surface area contributed by atoms with E-state index in [2.05, 4.69) is 25.6 Å². The van der Waals surface area contributed by atoms with Crippen molar-refractivity contribution in [3.63, 3.8) is 0 Å². The molecule has 6 aromatic rings. The molecule has 0 bridgehead atoms. The Hall–Kier alpha value is -5.80. The molecule has 2 aromatic carbocycles. The highest BCUT2D eigenvalue weighted by atomic mass is 35.5. The zero-order valence-corrected chi connectivity index (χ0v) is 37.6. The van der Waals surface area contributed by atoms with Crippen molar-refractivity contribution in [1.82, 2.24) is 35.4 Å². The van der Waals surface area contributed by atoms with Gasteiger partial charge in [0.2, 0.25) is 0 Å². The minimum Gasteiger partial charge on any atom is -0.351 e. The number of nitrogens with one attached hydrogen (secondary N) is 3. The summed E-state index contributed by atoms with van der Waals surface area (Å²) < 4.78 is 39.1. The number of carbonyl (C=O) groups is 4. The van der Waals surface area contributed by atoms with Crippen molar-refractivity contribution in [3.05, 3.63) is 130 Å². The normalized spacial score (nSPS) is 14.8. The molecule has 0 atom stereocenters. The number of piperidine rings is 2. The summed E-state index contributed by atoms with van der Waals surface area (Å²) in [5.41, 5.74) is 1.61. The van der Waals surface area contributed by atoms with E-state index in [0.717, 1.165) is 110 Å². The van der Waals surface area contributed by atoms with Gasteiger partial charge >= 0.3 is 6.18 Å². The van der Waals surface area contributed by atoms with Crippen LogP contribution in [0.15, 0.2) is 97.6 Å². The monoisotopic (exact) mass is 927 g/mol. The number of rotatable bonds is 14. The summed E-state index contributed by atoms with van der Waals surface area (Å²) in [6, 6.07) is 19.1. The summed E-state index contributed by atoms with van der Waals surface area (Å²) in [5, 5.41) is 8.44. The number of benzene rings is 2. The van der Waals surface area contributed by atoms with E-state index < -0.39 is 11.7 Å². The first kappa shape index (κ1) is 47.2. The number of carbonyl (C=O) groups excluding carboxylic acids is 4. The number of halogens is 4. The van der Waals surface area contributed by atoms with Crippen molar-refractivity contribution in [1.29, 1.82) is 0 Å². The number of fused-ring (bicyclic) bond motifs is 2. The average molecular weight is 929 g/mol. The van der Waals surface area contributed by atoms with E-state index in [4.69, 9.17) is 11.6 Å². The van der Waals surface area contributed by atoms with Crippen LogP contribution in [0.2, 0.25) is 5.02 Å². The molecule has 342 valence electrons. The SMILES string of the molecule is O=C(NCCCCC1CCN(C(=O)c2ccc(C(F)(F)F)cc2)CC1)c1cc2ccncc2s1.O=C(NCCCCC1CCN(C(=O)c2ccccc2Cl)CC1)c1cc2cnccc2[nH]1. The number of pyridine rings is 2. The fourth-order valence-electron chi connectivity index (χ4n) is 8.43. The van der Waals surface area contributed by atoms with Gasteiger partial charge in [-0.2, -0.15) is 13.2 Å². The third-order valence-electron chi connectivity index (χ3n) is 12.2. The van der Waals surface area contributed by atoms with Gasteiger partial charge in [-0.05, 0) is 116 Å². The van der Waals surface area contributed by atoms with E-state index >= 15 is 0 Å². The lowest BCUT2D eigenvalue weighted by molar-refractivity contribution is -0.137. The van der Waals surface area contributed by atoms with Crippen LogP contribution >= 0.6 is 22.9 Å². The number of thiophene rings is 1. The van der Waals surface area contributed by atoms with Gasteiger partial charge in [0.1, 0.15) is 5.69 Å². The van der Waals surface area contributed by atoms with Gasteiger partial charge in [0.25, 0.3) is 23.6 Å². The van der Waals surface area contributed by atoms with E-state index in [9.17, 15) is 32.3 Å². The molecule has 6 heterocycles. The number of hydrogen-bond acceptors (Lipinski definition) is 7. The van der Waals surface area contributed by atoms with Crippen LogP contribution in [0.4, 0.5) is 13.2 Å². The van der Waals surface area contributed by atoms with Crippen molar-refractivity contribution in [2.45, 2.75) is 70.4 Å². The van der Waals surface area contributed by atoms with Crippen LogP contribution in [0.25, 0.3) is 21.0 Å². The molecule has 8 rings (SSSR count). The first-order valence-electron chi connectivity index (χ1n) is 22.3. The molecule has 0 spiro atoms. The second-order valence-corrected chi connectivity index (χ2v) is 18.2. The molecule has 16 heteroatoms. The van der Waals surface area contributed by atoms with E-state index in [1.165, 1.54) is 23.5 Å². The van der Waals surface area contributed by atoms with Gasteiger partial charge in [-0.3, -0.25) is 29.1 Å². The summed E-state index contributed by atoms with van der Waals surface area (Å²) >= 11 is 7.60. The lowest BCUT2D eigenvalue weighted by atomic mass is 9.91. The second kappa shape index (κ2) is 22.4. The lowest BCUT2D eigenvalue weighted by Gasteiger charge is -2.32. The predicted octanol–water partition coefficient (Wildman–Crippen LogP) is 10.4. The summed E-state index contributed by atoms with van der Waals surface area (Å²) in [6.07, 6.45) is 12.4.